The summed E-state index contributed by atoms with van der Waals surface area (Å²) >= 11 is 0. The highest BCUT2D eigenvalue weighted by molar-refractivity contribution is 5.92. The van der Waals surface area contributed by atoms with Crippen LogP contribution in [0.15, 0.2) is 36.7 Å². The van der Waals surface area contributed by atoms with E-state index in [2.05, 4.69) is 15.7 Å². The second-order valence-electron chi connectivity index (χ2n) is 4.95. The fraction of sp³-hybridized carbons (Fsp3) is 0.267. The number of carbonyl (C=O) groups is 2. The van der Waals surface area contributed by atoms with Gasteiger partial charge in [-0.25, -0.2) is 0 Å². The molecule has 7 heteroatoms. The Hall–Kier alpha value is -2.67. The van der Waals surface area contributed by atoms with E-state index in [1.54, 1.807) is 49.4 Å². The molecule has 0 spiro atoms. The summed E-state index contributed by atoms with van der Waals surface area (Å²) in [7, 11) is 3.51. The molecule has 0 bridgehead atoms. The Kier molecular flexibility index (Phi) is 4.90. The number of hydrogen-bond acceptors (Lipinski definition) is 4. The standard InChI is InChI=1S/C15H19N5O2/c1-17-13(12-8-19-20(2)9-12)15(22)18-7-10-4-3-5-11(6-10)14(16)21/h3-6,8-9,13,17H,7H2,1-2H3,(H2,16,21)(H,18,22). The van der Waals surface area contributed by atoms with Crippen LogP contribution in [0.25, 0.3) is 0 Å². The molecule has 0 fully saturated rings. The van der Waals surface area contributed by atoms with Crippen molar-refractivity contribution >= 4 is 11.8 Å². The first-order valence-corrected chi connectivity index (χ1v) is 6.83. The molecule has 0 saturated heterocycles. The molecule has 2 aromatic rings. The number of aryl methyl sites for hydroxylation is 1. The van der Waals surface area contributed by atoms with E-state index in [1.165, 1.54) is 0 Å². The summed E-state index contributed by atoms with van der Waals surface area (Å²) in [5, 5.41) is 9.85. The third kappa shape index (κ3) is 3.70. The first-order valence-electron chi connectivity index (χ1n) is 6.83. The van der Waals surface area contributed by atoms with Gasteiger partial charge in [0, 0.05) is 30.9 Å². The van der Waals surface area contributed by atoms with Crippen LogP contribution in [-0.4, -0.2) is 28.6 Å². The van der Waals surface area contributed by atoms with Crippen LogP contribution in [0.5, 0.6) is 0 Å². The van der Waals surface area contributed by atoms with E-state index in [1.807, 2.05) is 6.07 Å². The largest absolute Gasteiger partial charge is 0.366 e. The van der Waals surface area contributed by atoms with E-state index in [0.717, 1.165) is 11.1 Å². The summed E-state index contributed by atoms with van der Waals surface area (Å²) in [5.41, 5.74) is 7.26. The van der Waals surface area contributed by atoms with Crippen LogP contribution in [-0.2, 0) is 18.4 Å². The fourth-order valence-corrected chi connectivity index (χ4v) is 2.16. The van der Waals surface area contributed by atoms with Gasteiger partial charge in [-0.15, -0.1) is 0 Å². The Balaban J connectivity index is 2.02. The Morgan fingerprint density at radius 1 is 1.41 bits per heavy atom. The fourth-order valence-electron chi connectivity index (χ4n) is 2.16. The normalized spacial score (nSPS) is 11.9. The lowest BCUT2D eigenvalue weighted by Gasteiger charge is -2.14. The molecule has 0 aliphatic carbocycles. The molecule has 1 heterocycles. The molecule has 7 nitrogen and oxygen atoms in total. The number of nitrogens with two attached hydrogens (primary N) is 1. The summed E-state index contributed by atoms with van der Waals surface area (Å²) in [6, 6.07) is 6.39. The minimum absolute atomic E-state index is 0.167. The molecule has 1 aromatic carbocycles. The van der Waals surface area contributed by atoms with Gasteiger partial charge in [0.15, 0.2) is 0 Å². The molecule has 2 rings (SSSR count). The molecule has 2 amide bonds. The van der Waals surface area contributed by atoms with Crippen LogP contribution < -0.4 is 16.4 Å². The van der Waals surface area contributed by atoms with Crippen molar-refractivity contribution in [2.24, 2.45) is 12.8 Å². The topological polar surface area (TPSA) is 102 Å². The van der Waals surface area contributed by atoms with Crippen molar-refractivity contribution in [1.82, 2.24) is 20.4 Å². The van der Waals surface area contributed by atoms with Gasteiger partial charge in [-0.2, -0.15) is 5.10 Å². The van der Waals surface area contributed by atoms with Crippen LogP contribution in [0.2, 0.25) is 0 Å². The van der Waals surface area contributed by atoms with Gasteiger partial charge < -0.3 is 16.4 Å². The van der Waals surface area contributed by atoms with Crippen molar-refractivity contribution in [2.75, 3.05) is 7.05 Å². The molecule has 0 aliphatic heterocycles. The average molecular weight is 301 g/mol. The van der Waals surface area contributed by atoms with Crippen LogP contribution in [0.1, 0.15) is 27.5 Å². The van der Waals surface area contributed by atoms with Gasteiger partial charge in [0.1, 0.15) is 6.04 Å². The summed E-state index contributed by atoms with van der Waals surface area (Å²) in [4.78, 5) is 23.4. The highest BCUT2D eigenvalue weighted by Gasteiger charge is 2.19. The molecule has 4 N–H and O–H groups in total. The monoisotopic (exact) mass is 301 g/mol. The summed E-state index contributed by atoms with van der Waals surface area (Å²) in [5.74, 6) is -0.656. The van der Waals surface area contributed by atoms with Crippen molar-refractivity contribution in [2.45, 2.75) is 12.6 Å². The third-order valence-corrected chi connectivity index (χ3v) is 3.29. The van der Waals surface area contributed by atoms with E-state index < -0.39 is 11.9 Å². The zero-order chi connectivity index (χ0) is 16.1. The predicted octanol–water partition coefficient (Wildman–Crippen LogP) is 0.0959. The molecule has 0 aliphatic rings. The van der Waals surface area contributed by atoms with Crippen LogP contribution >= 0.6 is 0 Å². The number of hydrogen-bond donors (Lipinski definition) is 3. The maximum absolute atomic E-state index is 12.3. The molecule has 1 atom stereocenters. The Bertz CT molecular complexity index is 680. The maximum atomic E-state index is 12.3. The van der Waals surface area contributed by atoms with E-state index in [-0.39, 0.29) is 5.91 Å². The molecule has 1 unspecified atom stereocenters. The smallest absolute Gasteiger partial charge is 0.248 e. The lowest BCUT2D eigenvalue weighted by molar-refractivity contribution is -0.123. The van der Waals surface area contributed by atoms with Crippen molar-refractivity contribution in [1.29, 1.82) is 0 Å². The lowest BCUT2D eigenvalue weighted by Crippen LogP contribution is -2.35. The van der Waals surface area contributed by atoms with Crippen molar-refractivity contribution in [3.8, 4) is 0 Å². The average Bonchev–Trinajstić information content (AvgIpc) is 2.92. The molecular weight excluding hydrogens is 282 g/mol. The Labute approximate surface area is 128 Å². The summed E-state index contributed by atoms with van der Waals surface area (Å²) < 4.78 is 1.64. The zero-order valence-electron chi connectivity index (χ0n) is 12.5. The van der Waals surface area contributed by atoms with Crippen molar-refractivity contribution in [3.63, 3.8) is 0 Å². The van der Waals surface area contributed by atoms with Gasteiger partial charge in [-0.05, 0) is 24.7 Å². The summed E-state index contributed by atoms with van der Waals surface area (Å²) in [6.45, 7) is 0.318. The molecule has 116 valence electrons. The van der Waals surface area contributed by atoms with E-state index in [9.17, 15) is 9.59 Å². The third-order valence-electron chi connectivity index (χ3n) is 3.29. The number of nitrogens with zero attached hydrogens (tertiary/aromatic N) is 2. The maximum Gasteiger partial charge on any atom is 0.248 e. The number of benzene rings is 1. The van der Waals surface area contributed by atoms with Crippen molar-refractivity contribution in [3.05, 3.63) is 53.3 Å². The first-order chi connectivity index (χ1) is 10.5. The van der Waals surface area contributed by atoms with Crippen molar-refractivity contribution < 1.29 is 9.59 Å². The Morgan fingerprint density at radius 3 is 2.77 bits per heavy atom. The predicted molar refractivity (Wildman–Crippen MR) is 81.8 cm³/mol. The number of rotatable bonds is 6. The molecule has 0 saturated carbocycles. The second-order valence-corrected chi connectivity index (χ2v) is 4.95. The number of primary amides is 1. The SMILES string of the molecule is CNC(C(=O)NCc1cccc(C(N)=O)c1)c1cnn(C)c1. The van der Waals surface area contributed by atoms with E-state index in [0.29, 0.717) is 12.1 Å². The quantitative estimate of drug-likeness (QED) is 0.704. The highest BCUT2D eigenvalue weighted by Crippen LogP contribution is 2.12. The Morgan fingerprint density at radius 2 is 2.18 bits per heavy atom. The van der Waals surface area contributed by atoms with Crippen LogP contribution in [0.4, 0.5) is 0 Å². The van der Waals surface area contributed by atoms with E-state index in [4.69, 9.17) is 5.73 Å². The minimum Gasteiger partial charge on any atom is -0.366 e. The molecule has 0 radical (unpaired) electrons. The number of likely N-dealkylation sites (N-methyl/N-ethyl adjacent to an activating group) is 1. The first kappa shape index (κ1) is 15.7. The van der Waals surface area contributed by atoms with Gasteiger partial charge in [0.05, 0.1) is 6.20 Å². The van der Waals surface area contributed by atoms with Gasteiger partial charge in [0.25, 0.3) is 0 Å². The van der Waals surface area contributed by atoms with Gasteiger partial charge in [0.2, 0.25) is 11.8 Å². The lowest BCUT2D eigenvalue weighted by atomic mass is 10.1. The molecule has 22 heavy (non-hydrogen) atoms. The van der Waals surface area contributed by atoms with Crippen LogP contribution in [0.3, 0.4) is 0 Å². The van der Waals surface area contributed by atoms with Gasteiger partial charge in [-0.1, -0.05) is 12.1 Å². The zero-order valence-corrected chi connectivity index (χ0v) is 12.5. The summed E-state index contributed by atoms with van der Waals surface area (Å²) in [6.07, 6.45) is 3.43. The molecule has 1 aromatic heterocycles. The number of aromatic nitrogens is 2. The van der Waals surface area contributed by atoms with Gasteiger partial charge in [-0.3, -0.25) is 14.3 Å². The number of amides is 2. The number of nitrogens with one attached hydrogen (secondary N) is 2. The number of carbonyl (C=O) groups excluding carboxylic acids is 2. The second kappa shape index (κ2) is 6.86. The van der Waals surface area contributed by atoms with Gasteiger partial charge >= 0.3 is 0 Å². The highest BCUT2D eigenvalue weighted by atomic mass is 16.2. The minimum atomic E-state index is -0.489. The van der Waals surface area contributed by atoms with E-state index >= 15 is 0 Å². The molecular formula is C15H19N5O2. The van der Waals surface area contributed by atoms with Crippen LogP contribution in [0, 0.1) is 0 Å².